The minimum absolute atomic E-state index is 0.193. The number of rotatable bonds is 4. The topological polar surface area (TPSA) is 54.5 Å². The van der Waals surface area contributed by atoms with Gasteiger partial charge >= 0.3 is 0 Å². The average molecular weight is 238 g/mol. The molecule has 0 spiro atoms. The van der Waals surface area contributed by atoms with E-state index in [1.165, 1.54) is 11.1 Å². The Labute approximate surface area is 101 Å². The number of pyridine rings is 1. The van der Waals surface area contributed by atoms with Gasteiger partial charge in [0, 0.05) is 12.5 Å². The minimum atomic E-state index is -0.376. The summed E-state index contributed by atoms with van der Waals surface area (Å²) in [5.74, 6) is 7.02. The van der Waals surface area contributed by atoms with Crippen molar-refractivity contribution in [2.45, 2.75) is 27.2 Å². The summed E-state index contributed by atoms with van der Waals surface area (Å²) < 4.78 is 12.8. The van der Waals surface area contributed by atoms with Crippen molar-refractivity contribution in [2.24, 2.45) is 16.8 Å². The van der Waals surface area contributed by atoms with Gasteiger partial charge in [0.1, 0.15) is 17.5 Å². The van der Waals surface area contributed by atoms with E-state index < -0.39 is 0 Å². The van der Waals surface area contributed by atoms with Gasteiger partial charge in [-0.2, -0.15) is 0 Å². The van der Waals surface area contributed by atoms with Gasteiger partial charge in [0.25, 0.3) is 0 Å². The van der Waals surface area contributed by atoms with Crippen LogP contribution in [0.2, 0.25) is 0 Å². The number of aromatic nitrogens is 1. The van der Waals surface area contributed by atoms with Crippen LogP contribution in [-0.2, 0) is 0 Å². The van der Waals surface area contributed by atoms with Crippen molar-refractivity contribution in [2.75, 3.05) is 11.6 Å². The molecule has 0 aliphatic carbocycles. The van der Waals surface area contributed by atoms with Crippen LogP contribution in [0.1, 0.15) is 27.2 Å². The Bertz CT molecular complexity index is 373. The summed E-state index contributed by atoms with van der Waals surface area (Å²) in [4.78, 5) is 8.36. The lowest BCUT2D eigenvalue weighted by Gasteiger charge is -2.22. The number of anilines is 1. The molecule has 0 bridgehead atoms. The highest BCUT2D eigenvalue weighted by atomic mass is 19.1. The van der Waals surface area contributed by atoms with Gasteiger partial charge < -0.3 is 0 Å². The van der Waals surface area contributed by atoms with Crippen molar-refractivity contribution in [1.29, 1.82) is 0 Å². The zero-order chi connectivity index (χ0) is 12.8. The van der Waals surface area contributed by atoms with Crippen LogP contribution in [0.4, 0.5) is 10.2 Å². The zero-order valence-corrected chi connectivity index (χ0v) is 10.5. The molecule has 1 aromatic heterocycles. The van der Waals surface area contributed by atoms with Gasteiger partial charge in [0.2, 0.25) is 0 Å². The molecule has 2 N–H and O–H groups in total. The Morgan fingerprint density at radius 1 is 1.53 bits per heavy atom. The van der Waals surface area contributed by atoms with E-state index in [2.05, 4.69) is 16.9 Å². The summed E-state index contributed by atoms with van der Waals surface area (Å²) in [7, 11) is 0. The summed E-state index contributed by atoms with van der Waals surface area (Å²) in [5.41, 5.74) is 0. The number of hydrogen-bond donors (Lipinski definition) is 1. The largest absolute Gasteiger partial charge is 0.271 e. The van der Waals surface area contributed by atoms with Gasteiger partial charge in [0.15, 0.2) is 0 Å². The summed E-state index contributed by atoms with van der Waals surface area (Å²) in [5, 5.41) is 1.42. The summed E-state index contributed by atoms with van der Waals surface area (Å²) in [6, 6.07) is 2.87. The summed E-state index contributed by atoms with van der Waals surface area (Å²) in [6.07, 6.45) is 2.11. The molecule has 5 heteroatoms. The van der Waals surface area contributed by atoms with E-state index >= 15 is 0 Å². The maximum Gasteiger partial charge on any atom is 0.148 e. The molecule has 0 aliphatic heterocycles. The highest BCUT2D eigenvalue weighted by Gasteiger charge is 2.14. The average Bonchev–Trinajstić information content (AvgIpc) is 2.29. The quantitative estimate of drug-likeness (QED) is 0.379. The minimum Gasteiger partial charge on any atom is -0.271 e. The third-order valence-electron chi connectivity index (χ3n) is 2.22. The van der Waals surface area contributed by atoms with E-state index in [0.717, 1.165) is 25.0 Å². The number of halogens is 1. The second-order valence-electron chi connectivity index (χ2n) is 4.10. The Morgan fingerprint density at radius 2 is 2.24 bits per heavy atom. The molecule has 0 saturated carbocycles. The van der Waals surface area contributed by atoms with Crippen LogP contribution < -0.4 is 10.9 Å². The Hall–Kier alpha value is -1.49. The molecule has 0 radical (unpaired) electrons. The Morgan fingerprint density at radius 3 is 2.71 bits per heavy atom. The third kappa shape index (κ3) is 3.78. The van der Waals surface area contributed by atoms with Gasteiger partial charge in [-0.05, 0) is 18.6 Å². The maximum absolute atomic E-state index is 12.8. The van der Waals surface area contributed by atoms with Crippen LogP contribution >= 0.6 is 0 Å². The lowest BCUT2D eigenvalue weighted by Crippen LogP contribution is -2.41. The fourth-order valence-electron chi connectivity index (χ4n) is 1.39. The van der Waals surface area contributed by atoms with Crippen molar-refractivity contribution in [1.82, 2.24) is 4.98 Å². The number of hydrogen-bond acceptors (Lipinski definition) is 3. The van der Waals surface area contributed by atoms with Gasteiger partial charge in [0.05, 0.1) is 6.20 Å². The molecule has 0 amide bonds. The van der Waals surface area contributed by atoms with E-state index in [-0.39, 0.29) is 11.7 Å². The molecule has 0 atom stereocenters. The van der Waals surface area contributed by atoms with Gasteiger partial charge in [-0.3, -0.25) is 4.99 Å². The van der Waals surface area contributed by atoms with Crippen LogP contribution in [0.3, 0.4) is 0 Å². The van der Waals surface area contributed by atoms with Crippen LogP contribution in [0.5, 0.6) is 0 Å². The summed E-state index contributed by atoms with van der Waals surface area (Å²) >= 11 is 0. The van der Waals surface area contributed by atoms with Crippen LogP contribution in [0.15, 0.2) is 23.3 Å². The molecule has 4 nitrogen and oxygen atoms in total. The fourth-order valence-corrected chi connectivity index (χ4v) is 1.39. The van der Waals surface area contributed by atoms with E-state index in [1.54, 1.807) is 6.07 Å². The molecule has 0 aliphatic rings. The van der Waals surface area contributed by atoms with E-state index in [1.807, 2.05) is 13.8 Å². The van der Waals surface area contributed by atoms with Crippen molar-refractivity contribution in [3.63, 3.8) is 0 Å². The van der Waals surface area contributed by atoms with Gasteiger partial charge in [-0.1, -0.05) is 20.8 Å². The van der Waals surface area contributed by atoms with Crippen LogP contribution in [0.25, 0.3) is 0 Å². The number of nitrogens with zero attached hydrogens (tertiary/aromatic N) is 3. The number of hydrazine groups is 1. The van der Waals surface area contributed by atoms with E-state index in [0.29, 0.717) is 5.82 Å². The molecule has 1 aromatic rings. The SMILES string of the molecule is CCCN=C(C(C)C)N(N)c1ccc(F)cn1. The molecule has 94 valence electrons. The lowest BCUT2D eigenvalue weighted by molar-refractivity contribution is 0.621. The Kier molecular flexibility index (Phi) is 5.03. The first kappa shape index (κ1) is 13.6. The highest BCUT2D eigenvalue weighted by molar-refractivity contribution is 5.97. The monoisotopic (exact) mass is 238 g/mol. The molecule has 0 unspecified atom stereocenters. The first-order valence-corrected chi connectivity index (χ1v) is 5.77. The van der Waals surface area contributed by atoms with Crippen LogP contribution in [-0.4, -0.2) is 17.4 Å². The van der Waals surface area contributed by atoms with Crippen molar-refractivity contribution < 1.29 is 4.39 Å². The lowest BCUT2D eigenvalue weighted by atomic mass is 10.2. The second-order valence-corrected chi connectivity index (χ2v) is 4.10. The van der Waals surface area contributed by atoms with Crippen molar-refractivity contribution in [3.8, 4) is 0 Å². The number of amidine groups is 1. The second kappa shape index (κ2) is 6.30. The van der Waals surface area contributed by atoms with Crippen molar-refractivity contribution in [3.05, 3.63) is 24.1 Å². The van der Waals surface area contributed by atoms with Crippen LogP contribution in [0, 0.1) is 11.7 Å². The van der Waals surface area contributed by atoms with Gasteiger partial charge in [-0.25, -0.2) is 20.2 Å². The molecular weight excluding hydrogens is 219 g/mol. The molecule has 17 heavy (non-hydrogen) atoms. The smallest absolute Gasteiger partial charge is 0.148 e. The number of aliphatic imine (C=N–C) groups is 1. The van der Waals surface area contributed by atoms with Crippen molar-refractivity contribution >= 4 is 11.7 Å². The molecule has 0 fully saturated rings. The zero-order valence-electron chi connectivity index (χ0n) is 10.5. The standard InChI is InChI=1S/C12H19FN4/c1-4-7-15-12(9(2)3)17(14)11-6-5-10(13)8-16-11/h5-6,8-9H,4,7,14H2,1-3H3. The Balaban J connectivity index is 2.91. The maximum atomic E-state index is 12.8. The predicted molar refractivity (Wildman–Crippen MR) is 68.3 cm³/mol. The predicted octanol–water partition coefficient (Wildman–Crippen LogP) is 2.37. The molecule has 0 saturated heterocycles. The molecule has 1 rings (SSSR count). The van der Waals surface area contributed by atoms with E-state index in [9.17, 15) is 4.39 Å². The first-order valence-electron chi connectivity index (χ1n) is 5.77. The normalized spacial score (nSPS) is 12.0. The highest BCUT2D eigenvalue weighted by Crippen LogP contribution is 2.11. The fraction of sp³-hybridized carbons (Fsp3) is 0.500. The summed E-state index contributed by atoms with van der Waals surface area (Å²) in [6.45, 7) is 6.80. The molecule has 0 aromatic carbocycles. The third-order valence-corrected chi connectivity index (χ3v) is 2.22. The number of nitrogens with two attached hydrogens (primary N) is 1. The molecular formula is C12H19FN4. The molecule has 1 heterocycles. The first-order chi connectivity index (χ1) is 8.06. The van der Waals surface area contributed by atoms with Gasteiger partial charge in [-0.15, -0.1) is 0 Å². The van der Waals surface area contributed by atoms with E-state index in [4.69, 9.17) is 5.84 Å².